The zero-order valence-electron chi connectivity index (χ0n) is 12.7. The monoisotopic (exact) mass is 341 g/mol. The highest BCUT2D eigenvalue weighted by molar-refractivity contribution is 6.01. The van der Waals surface area contributed by atoms with E-state index in [-0.39, 0.29) is 36.0 Å². The van der Waals surface area contributed by atoms with Gasteiger partial charge in [-0.3, -0.25) is 14.9 Å². The number of carbonyl (C=O) groups excluding carboxylic acids is 2. The van der Waals surface area contributed by atoms with Crippen LogP contribution < -0.4 is 16.0 Å². The molecule has 0 aromatic heterocycles. The predicted molar refractivity (Wildman–Crippen MR) is 88.3 cm³/mol. The van der Waals surface area contributed by atoms with Crippen molar-refractivity contribution in [2.75, 3.05) is 18.4 Å². The van der Waals surface area contributed by atoms with Crippen LogP contribution in [0.3, 0.4) is 0 Å². The van der Waals surface area contributed by atoms with E-state index < -0.39 is 6.04 Å². The average molecular weight is 342 g/mol. The zero-order chi connectivity index (χ0) is 15.5. The van der Waals surface area contributed by atoms with Crippen LogP contribution in [0.2, 0.25) is 0 Å². The maximum absolute atomic E-state index is 14.3. The van der Waals surface area contributed by atoms with Gasteiger partial charge >= 0.3 is 0 Å². The first-order valence-electron chi connectivity index (χ1n) is 7.74. The van der Waals surface area contributed by atoms with Crippen molar-refractivity contribution in [2.24, 2.45) is 0 Å². The topological polar surface area (TPSA) is 70.2 Å². The van der Waals surface area contributed by atoms with E-state index in [2.05, 4.69) is 16.0 Å². The van der Waals surface area contributed by atoms with E-state index in [4.69, 9.17) is 0 Å². The molecular weight excluding hydrogens is 321 g/mol. The lowest BCUT2D eigenvalue weighted by Gasteiger charge is -2.25. The minimum atomic E-state index is -0.484. The van der Waals surface area contributed by atoms with Gasteiger partial charge in [0.05, 0.1) is 0 Å². The zero-order valence-corrected chi connectivity index (χ0v) is 13.5. The van der Waals surface area contributed by atoms with Crippen LogP contribution in [0.25, 0.3) is 0 Å². The van der Waals surface area contributed by atoms with Crippen molar-refractivity contribution in [3.05, 3.63) is 29.6 Å². The molecule has 3 N–H and O–H groups in total. The van der Waals surface area contributed by atoms with Gasteiger partial charge in [-0.15, -0.1) is 12.4 Å². The van der Waals surface area contributed by atoms with Gasteiger partial charge in [-0.1, -0.05) is 6.07 Å². The Morgan fingerprint density at radius 3 is 2.52 bits per heavy atom. The molecule has 1 aromatic carbocycles. The van der Waals surface area contributed by atoms with Gasteiger partial charge in [-0.2, -0.15) is 0 Å². The highest BCUT2D eigenvalue weighted by Gasteiger charge is 2.26. The van der Waals surface area contributed by atoms with E-state index in [1.54, 1.807) is 6.07 Å². The van der Waals surface area contributed by atoms with Crippen LogP contribution >= 0.6 is 12.4 Å². The third kappa shape index (κ3) is 4.20. The van der Waals surface area contributed by atoms with Gasteiger partial charge in [0.15, 0.2) is 0 Å². The molecule has 2 fully saturated rings. The van der Waals surface area contributed by atoms with Gasteiger partial charge in [-0.25, -0.2) is 4.39 Å². The van der Waals surface area contributed by atoms with Crippen LogP contribution in [0.1, 0.15) is 37.2 Å². The lowest BCUT2D eigenvalue weighted by atomic mass is 9.89. The summed E-state index contributed by atoms with van der Waals surface area (Å²) < 4.78 is 14.3. The van der Waals surface area contributed by atoms with Gasteiger partial charge in [0.2, 0.25) is 11.8 Å². The van der Waals surface area contributed by atoms with Crippen LogP contribution in [0.4, 0.5) is 10.1 Å². The lowest BCUT2D eigenvalue weighted by Crippen LogP contribution is -2.47. The largest absolute Gasteiger partial charge is 0.374 e. The van der Waals surface area contributed by atoms with E-state index in [1.807, 2.05) is 6.07 Å². The normalized spacial score (nSPS) is 22.2. The summed E-state index contributed by atoms with van der Waals surface area (Å²) in [6.45, 7) is 1.83. The van der Waals surface area contributed by atoms with E-state index in [1.165, 1.54) is 6.07 Å². The molecule has 0 radical (unpaired) electrons. The van der Waals surface area contributed by atoms with Gasteiger partial charge in [0.1, 0.15) is 11.9 Å². The first-order chi connectivity index (χ1) is 10.6. The van der Waals surface area contributed by atoms with Gasteiger partial charge in [0.25, 0.3) is 0 Å². The summed E-state index contributed by atoms with van der Waals surface area (Å²) in [6, 6.07) is 4.58. The molecule has 23 heavy (non-hydrogen) atoms. The third-order valence-electron chi connectivity index (χ3n) is 4.36. The number of piperidine rings is 2. The second kappa shape index (κ2) is 7.75. The Balaban J connectivity index is 0.00000192. The summed E-state index contributed by atoms with van der Waals surface area (Å²) in [5.74, 6) is -0.579. The van der Waals surface area contributed by atoms with Crippen LogP contribution in [0.15, 0.2) is 18.2 Å². The quantitative estimate of drug-likeness (QED) is 0.735. The van der Waals surface area contributed by atoms with Crippen LogP contribution in [0, 0.1) is 5.82 Å². The fraction of sp³-hybridized carbons (Fsp3) is 0.500. The van der Waals surface area contributed by atoms with E-state index in [0.29, 0.717) is 18.5 Å². The molecule has 1 aromatic rings. The SMILES string of the molecule is Cl.O=C1CC[C@H](Nc2ccc(C3CCNCC3)c(F)c2)C(=O)N1. The molecule has 0 bridgehead atoms. The number of carbonyl (C=O) groups is 2. The summed E-state index contributed by atoms with van der Waals surface area (Å²) in [7, 11) is 0. The van der Waals surface area contributed by atoms with Crippen molar-refractivity contribution >= 4 is 29.9 Å². The summed E-state index contributed by atoms with van der Waals surface area (Å²) in [6.07, 6.45) is 2.62. The molecule has 0 unspecified atom stereocenters. The Hall–Kier alpha value is -1.66. The molecule has 0 spiro atoms. The number of imide groups is 1. The Kier molecular flexibility index (Phi) is 5.96. The van der Waals surface area contributed by atoms with Gasteiger partial charge in [0, 0.05) is 12.1 Å². The molecular formula is C16H21ClFN3O2. The first kappa shape index (κ1) is 17.7. The summed E-state index contributed by atoms with van der Waals surface area (Å²) in [5.41, 5.74) is 1.32. The van der Waals surface area contributed by atoms with Crippen molar-refractivity contribution in [1.82, 2.24) is 10.6 Å². The number of anilines is 1. The second-order valence-corrected chi connectivity index (χ2v) is 5.91. The van der Waals surface area contributed by atoms with Gasteiger partial charge in [-0.05, 0) is 56.0 Å². The number of halogens is 2. The number of hydrogen-bond donors (Lipinski definition) is 3. The first-order valence-corrected chi connectivity index (χ1v) is 7.74. The summed E-state index contributed by atoms with van der Waals surface area (Å²) >= 11 is 0. The van der Waals surface area contributed by atoms with Crippen molar-refractivity contribution in [3.8, 4) is 0 Å². The standard InChI is InChI=1S/C16H20FN3O2.ClH/c17-13-9-11(19-14-3-4-15(21)20-16(14)22)1-2-12(13)10-5-7-18-8-6-10;/h1-2,9-10,14,18-19H,3-8H2,(H,20,21,22);1H/t14-;/m0./s1. The number of nitrogens with one attached hydrogen (secondary N) is 3. The molecule has 7 heteroatoms. The molecule has 2 aliphatic rings. The van der Waals surface area contributed by atoms with E-state index >= 15 is 0 Å². The third-order valence-corrected chi connectivity index (χ3v) is 4.36. The van der Waals surface area contributed by atoms with Crippen molar-refractivity contribution in [1.29, 1.82) is 0 Å². The maximum Gasteiger partial charge on any atom is 0.249 e. The molecule has 3 rings (SSSR count). The Morgan fingerprint density at radius 1 is 1.13 bits per heavy atom. The molecule has 126 valence electrons. The summed E-state index contributed by atoms with van der Waals surface area (Å²) in [5, 5.41) is 8.56. The number of hydrogen-bond acceptors (Lipinski definition) is 4. The molecule has 2 saturated heterocycles. The van der Waals surface area contributed by atoms with E-state index in [9.17, 15) is 14.0 Å². The van der Waals surface area contributed by atoms with Crippen LogP contribution in [0.5, 0.6) is 0 Å². The molecule has 2 heterocycles. The highest BCUT2D eigenvalue weighted by atomic mass is 35.5. The average Bonchev–Trinajstić information content (AvgIpc) is 2.51. The number of amides is 2. The van der Waals surface area contributed by atoms with Crippen LogP contribution in [-0.2, 0) is 9.59 Å². The Labute approximate surface area is 140 Å². The highest BCUT2D eigenvalue weighted by Crippen LogP contribution is 2.29. The molecule has 2 aliphatic heterocycles. The van der Waals surface area contributed by atoms with Crippen LogP contribution in [-0.4, -0.2) is 30.9 Å². The molecule has 2 amide bonds. The molecule has 0 saturated carbocycles. The molecule has 1 atom stereocenters. The fourth-order valence-corrected chi connectivity index (χ4v) is 3.11. The predicted octanol–water partition coefficient (Wildman–Crippen LogP) is 1.93. The smallest absolute Gasteiger partial charge is 0.249 e. The summed E-state index contributed by atoms with van der Waals surface area (Å²) in [4.78, 5) is 22.8. The Morgan fingerprint density at radius 2 is 1.87 bits per heavy atom. The Bertz CT molecular complexity index is 591. The van der Waals surface area contributed by atoms with Gasteiger partial charge < -0.3 is 10.6 Å². The molecule has 5 nitrogen and oxygen atoms in total. The second-order valence-electron chi connectivity index (χ2n) is 5.91. The van der Waals surface area contributed by atoms with Crippen molar-refractivity contribution < 1.29 is 14.0 Å². The lowest BCUT2D eigenvalue weighted by molar-refractivity contribution is -0.133. The van der Waals surface area contributed by atoms with E-state index in [0.717, 1.165) is 31.5 Å². The minimum Gasteiger partial charge on any atom is -0.374 e. The van der Waals surface area contributed by atoms with Crippen molar-refractivity contribution in [3.63, 3.8) is 0 Å². The minimum absolute atomic E-state index is 0. The number of rotatable bonds is 3. The number of benzene rings is 1. The molecule has 0 aliphatic carbocycles. The fourth-order valence-electron chi connectivity index (χ4n) is 3.11. The van der Waals surface area contributed by atoms with Crippen molar-refractivity contribution in [2.45, 2.75) is 37.6 Å². The maximum atomic E-state index is 14.3.